The molecule has 0 aliphatic carbocycles. The lowest BCUT2D eigenvalue weighted by molar-refractivity contribution is 0.102. The summed E-state index contributed by atoms with van der Waals surface area (Å²) in [5, 5.41) is 2.81. The van der Waals surface area contributed by atoms with Crippen molar-refractivity contribution in [2.45, 2.75) is 25.2 Å². The lowest BCUT2D eigenvalue weighted by Crippen LogP contribution is -2.27. The zero-order valence-corrected chi connectivity index (χ0v) is 16.0. The van der Waals surface area contributed by atoms with Crippen LogP contribution in [-0.2, 0) is 21.2 Å². The van der Waals surface area contributed by atoms with Crippen LogP contribution in [0.25, 0.3) is 0 Å². The highest BCUT2D eigenvalue weighted by atomic mass is 32.2. The maximum absolute atomic E-state index is 12.6. The molecule has 0 spiro atoms. The van der Waals surface area contributed by atoms with Gasteiger partial charge in [-0.2, -0.15) is 0 Å². The Morgan fingerprint density at radius 1 is 1.12 bits per heavy atom. The number of hydrogen-bond donors (Lipinski definition) is 2. The molecular weight excluding hydrogens is 352 g/mol. The van der Waals surface area contributed by atoms with Crippen LogP contribution in [0.1, 0.15) is 28.4 Å². The first kappa shape index (κ1) is 20.1. The van der Waals surface area contributed by atoms with E-state index in [0.29, 0.717) is 16.8 Å². The van der Waals surface area contributed by atoms with Crippen LogP contribution in [0.2, 0.25) is 0 Å². The number of amides is 1. The van der Waals surface area contributed by atoms with Crippen molar-refractivity contribution in [3.63, 3.8) is 0 Å². The van der Waals surface area contributed by atoms with Gasteiger partial charge in [0.15, 0.2) is 0 Å². The number of nitrogens with one attached hydrogen (secondary N) is 2. The molecule has 0 aromatic heterocycles. The molecule has 0 saturated heterocycles. The van der Waals surface area contributed by atoms with Gasteiger partial charge in [-0.1, -0.05) is 25.1 Å². The van der Waals surface area contributed by atoms with Crippen LogP contribution < -0.4 is 10.0 Å². The summed E-state index contributed by atoms with van der Waals surface area (Å²) in [4.78, 5) is 12.6. The monoisotopic (exact) mass is 376 g/mol. The van der Waals surface area contributed by atoms with Gasteiger partial charge in [0.25, 0.3) is 5.91 Å². The Kier molecular flexibility index (Phi) is 6.90. The Labute approximate surface area is 154 Å². The molecule has 140 valence electrons. The van der Waals surface area contributed by atoms with E-state index in [9.17, 15) is 13.2 Å². The molecule has 0 aliphatic rings. The van der Waals surface area contributed by atoms with Crippen LogP contribution in [-0.4, -0.2) is 34.6 Å². The Bertz CT molecular complexity index is 862. The minimum atomic E-state index is -3.70. The van der Waals surface area contributed by atoms with Crippen molar-refractivity contribution in [1.82, 2.24) is 4.72 Å². The highest BCUT2D eigenvalue weighted by Crippen LogP contribution is 2.18. The van der Waals surface area contributed by atoms with E-state index in [2.05, 4.69) is 17.0 Å². The van der Waals surface area contributed by atoms with Gasteiger partial charge in [-0.25, -0.2) is 13.1 Å². The van der Waals surface area contributed by atoms with Gasteiger partial charge in [0.1, 0.15) is 0 Å². The Morgan fingerprint density at radius 2 is 1.81 bits per heavy atom. The van der Waals surface area contributed by atoms with E-state index in [1.807, 2.05) is 24.3 Å². The zero-order chi connectivity index (χ0) is 19.2. The largest absolute Gasteiger partial charge is 0.383 e. The molecule has 0 heterocycles. The van der Waals surface area contributed by atoms with Crippen LogP contribution in [0.4, 0.5) is 5.69 Å². The van der Waals surface area contributed by atoms with Gasteiger partial charge in [-0.3, -0.25) is 4.79 Å². The number of anilines is 1. The van der Waals surface area contributed by atoms with Crippen molar-refractivity contribution in [3.05, 3.63) is 59.2 Å². The van der Waals surface area contributed by atoms with Gasteiger partial charge in [0.05, 0.1) is 11.5 Å². The average molecular weight is 376 g/mol. The van der Waals surface area contributed by atoms with Crippen LogP contribution in [0.3, 0.4) is 0 Å². The third kappa shape index (κ3) is 5.14. The fourth-order valence-corrected chi connectivity index (χ4v) is 3.44. The molecule has 2 aromatic rings. The van der Waals surface area contributed by atoms with Crippen LogP contribution in [0.15, 0.2) is 47.4 Å². The molecule has 0 aliphatic heterocycles. The molecular formula is C19H24N2O4S. The van der Waals surface area contributed by atoms with E-state index in [1.54, 1.807) is 13.0 Å². The lowest BCUT2D eigenvalue weighted by Gasteiger charge is -2.11. The van der Waals surface area contributed by atoms with E-state index < -0.39 is 10.0 Å². The predicted molar refractivity (Wildman–Crippen MR) is 102 cm³/mol. The number of rotatable bonds is 8. The Morgan fingerprint density at radius 3 is 2.42 bits per heavy atom. The second-order valence-corrected chi connectivity index (χ2v) is 7.64. The van der Waals surface area contributed by atoms with Gasteiger partial charge < -0.3 is 10.1 Å². The van der Waals surface area contributed by atoms with Crippen LogP contribution in [0.5, 0.6) is 0 Å². The molecule has 7 heteroatoms. The second-order valence-electron chi connectivity index (χ2n) is 5.87. The number of sulfonamides is 1. The number of hydrogen-bond acceptors (Lipinski definition) is 4. The number of aryl methyl sites for hydroxylation is 2. The number of methoxy groups -OCH3 is 1. The van der Waals surface area contributed by atoms with E-state index >= 15 is 0 Å². The third-order valence-corrected chi connectivity index (χ3v) is 5.44. The van der Waals surface area contributed by atoms with Crippen molar-refractivity contribution < 1.29 is 17.9 Å². The maximum Gasteiger partial charge on any atom is 0.255 e. The van der Waals surface area contributed by atoms with Crippen molar-refractivity contribution in [1.29, 1.82) is 0 Å². The summed E-state index contributed by atoms with van der Waals surface area (Å²) < 4.78 is 31.9. The molecule has 0 unspecified atom stereocenters. The standard InChI is InChI=1S/C19H24N2O4S/c1-4-15-6-8-16(9-7-15)21-19(22)18-13-17(10-5-14(18)2)26(23,24)20-11-12-25-3/h5-10,13,20H,4,11-12H2,1-3H3,(H,21,22). The average Bonchev–Trinajstić information content (AvgIpc) is 2.62. The Balaban J connectivity index is 2.21. The number of ether oxygens (including phenoxy) is 1. The molecule has 0 bridgehead atoms. The summed E-state index contributed by atoms with van der Waals surface area (Å²) >= 11 is 0. The number of benzene rings is 2. The molecule has 2 N–H and O–H groups in total. The van der Waals surface area contributed by atoms with Crippen molar-refractivity contribution in [2.24, 2.45) is 0 Å². The minimum Gasteiger partial charge on any atom is -0.383 e. The molecule has 0 radical (unpaired) electrons. The molecule has 2 aromatic carbocycles. The SMILES string of the molecule is CCc1ccc(NC(=O)c2cc(S(=O)(=O)NCCOC)ccc2C)cc1. The van der Waals surface area contributed by atoms with Crippen molar-refractivity contribution >= 4 is 21.6 Å². The first-order chi connectivity index (χ1) is 12.4. The summed E-state index contributed by atoms with van der Waals surface area (Å²) in [6.45, 7) is 4.26. The van der Waals surface area contributed by atoms with Gasteiger partial charge in [-0.05, 0) is 48.7 Å². The topological polar surface area (TPSA) is 84.5 Å². The van der Waals surface area contributed by atoms with Crippen molar-refractivity contribution in [2.75, 3.05) is 25.6 Å². The summed E-state index contributed by atoms with van der Waals surface area (Å²) in [6, 6.07) is 12.1. The zero-order valence-electron chi connectivity index (χ0n) is 15.2. The summed E-state index contributed by atoms with van der Waals surface area (Å²) in [5.74, 6) is -0.347. The van der Waals surface area contributed by atoms with Gasteiger partial charge in [0, 0.05) is 24.9 Å². The van der Waals surface area contributed by atoms with Crippen LogP contribution >= 0.6 is 0 Å². The normalized spacial score (nSPS) is 11.3. The van der Waals surface area contributed by atoms with E-state index in [4.69, 9.17) is 4.74 Å². The first-order valence-electron chi connectivity index (χ1n) is 8.37. The van der Waals surface area contributed by atoms with Crippen molar-refractivity contribution in [3.8, 4) is 0 Å². The molecule has 1 amide bonds. The molecule has 6 nitrogen and oxygen atoms in total. The summed E-state index contributed by atoms with van der Waals surface area (Å²) in [5.41, 5.74) is 2.86. The molecule has 0 fully saturated rings. The van der Waals surface area contributed by atoms with Gasteiger partial charge in [-0.15, -0.1) is 0 Å². The molecule has 0 atom stereocenters. The molecule has 0 saturated carbocycles. The van der Waals surface area contributed by atoms with E-state index in [0.717, 1.165) is 6.42 Å². The fraction of sp³-hybridized carbons (Fsp3) is 0.316. The molecule has 26 heavy (non-hydrogen) atoms. The molecule has 2 rings (SSSR count). The number of carbonyl (C=O) groups excluding carboxylic acids is 1. The third-order valence-electron chi connectivity index (χ3n) is 3.98. The lowest BCUT2D eigenvalue weighted by atomic mass is 10.1. The second kappa shape index (κ2) is 8.93. The summed E-state index contributed by atoms with van der Waals surface area (Å²) in [7, 11) is -2.20. The fourth-order valence-electron chi connectivity index (χ4n) is 2.40. The number of carbonyl (C=O) groups is 1. The van der Waals surface area contributed by atoms with Crippen LogP contribution in [0, 0.1) is 6.92 Å². The van der Waals surface area contributed by atoms with E-state index in [1.165, 1.54) is 24.8 Å². The minimum absolute atomic E-state index is 0.0469. The van der Waals surface area contributed by atoms with Gasteiger partial charge >= 0.3 is 0 Å². The Hall–Kier alpha value is -2.22. The first-order valence-corrected chi connectivity index (χ1v) is 9.85. The van der Waals surface area contributed by atoms with Gasteiger partial charge in [0.2, 0.25) is 10.0 Å². The quantitative estimate of drug-likeness (QED) is 0.694. The maximum atomic E-state index is 12.6. The smallest absolute Gasteiger partial charge is 0.255 e. The van der Waals surface area contributed by atoms with E-state index in [-0.39, 0.29) is 24.0 Å². The highest BCUT2D eigenvalue weighted by Gasteiger charge is 2.18. The highest BCUT2D eigenvalue weighted by molar-refractivity contribution is 7.89. The summed E-state index contributed by atoms with van der Waals surface area (Å²) in [6.07, 6.45) is 0.920. The predicted octanol–water partition coefficient (Wildman–Crippen LogP) is 2.73.